The number of esters is 1. The van der Waals surface area contributed by atoms with Crippen molar-refractivity contribution in [3.63, 3.8) is 0 Å². The topological polar surface area (TPSA) is 107 Å². The van der Waals surface area contributed by atoms with Crippen molar-refractivity contribution in [3.05, 3.63) is 41.6 Å². The van der Waals surface area contributed by atoms with E-state index in [1.54, 1.807) is 18.2 Å². The Morgan fingerprint density at radius 1 is 1.26 bits per heavy atom. The van der Waals surface area contributed by atoms with Gasteiger partial charge in [0.2, 0.25) is 5.88 Å². The van der Waals surface area contributed by atoms with E-state index in [1.807, 2.05) is 20.8 Å². The van der Waals surface area contributed by atoms with Crippen LogP contribution in [-0.4, -0.2) is 23.6 Å². The molecule has 0 saturated carbocycles. The number of nitrogens with two attached hydrogens (primary N) is 1. The van der Waals surface area contributed by atoms with E-state index in [4.69, 9.17) is 15.0 Å². The molecule has 122 valence electrons. The average Bonchev–Trinajstić information content (AvgIpc) is 2.94. The molecule has 2 rings (SSSR count). The molecule has 1 heterocycles. The molecule has 0 aliphatic heterocycles. The van der Waals surface area contributed by atoms with Crippen LogP contribution in [0.2, 0.25) is 0 Å². The number of carbonyl (C=O) groups is 2. The fraction of sp³-hybridized carbons (Fsp3) is 0.312. The van der Waals surface area contributed by atoms with Gasteiger partial charge in [-0.05, 0) is 24.3 Å². The van der Waals surface area contributed by atoms with Gasteiger partial charge in [-0.2, -0.15) is 0 Å². The maximum Gasteiger partial charge on any atom is 0.338 e. The molecule has 0 unspecified atom stereocenters. The number of aromatic nitrogens is 1. The summed E-state index contributed by atoms with van der Waals surface area (Å²) in [6, 6.07) is 7.86. The molecule has 0 saturated heterocycles. The van der Waals surface area contributed by atoms with E-state index < -0.39 is 18.5 Å². The second-order valence-corrected chi connectivity index (χ2v) is 6.07. The van der Waals surface area contributed by atoms with Gasteiger partial charge in [-0.25, -0.2) is 4.79 Å². The quantitative estimate of drug-likeness (QED) is 0.662. The van der Waals surface area contributed by atoms with Crippen LogP contribution in [-0.2, 0) is 14.9 Å². The number of rotatable bonds is 4. The van der Waals surface area contributed by atoms with E-state index in [2.05, 4.69) is 10.5 Å². The van der Waals surface area contributed by atoms with Gasteiger partial charge in [0, 0.05) is 17.2 Å². The molecule has 0 spiro atoms. The van der Waals surface area contributed by atoms with Crippen LogP contribution in [0.5, 0.6) is 0 Å². The van der Waals surface area contributed by atoms with Crippen molar-refractivity contribution < 1.29 is 18.8 Å². The summed E-state index contributed by atoms with van der Waals surface area (Å²) in [6.45, 7) is 5.51. The summed E-state index contributed by atoms with van der Waals surface area (Å²) >= 11 is 0. The van der Waals surface area contributed by atoms with Crippen molar-refractivity contribution in [2.45, 2.75) is 26.2 Å². The molecule has 23 heavy (non-hydrogen) atoms. The Hall–Kier alpha value is -2.83. The minimum atomic E-state index is -0.604. The maximum absolute atomic E-state index is 11.8. The summed E-state index contributed by atoms with van der Waals surface area (Å²) in [5, 5.41) is 6.37. The molecular weight excluding hydrogens is 298 g/mol. The van der Waals surface area contributed by atoms with E-state index >= 15 is 0 Å². The van der Waals surface area contributed by atoms with E-state index in [9.17, 15) is 9.59 Å². The van der Waals surface area contributed by atoms with Gasteiger partial charge in [0.1, 0.15) is 0 Å². The van der Waals surface area contributed by atoms with Crippen molar-refractivity contribution in [1.82, 2.24) is 5.16 Å². The molecule has 1 amide bonds. The smallest absolute Gasteiger partial charge is 0.338 e. The Labute approximate surface area is 133 Å². The van der Waals surface area contributed by atoms with Gasteiger partial charge in [-0.3, -0.25) is 10.1 Å². The molecule has 7 nitrogen and oxygen atoms in total. The molecule has 0 aliphatic rings. The Kier molecular flexibility index (Phi) is 4.68. The van der Waals surface area contributed by atoms with E-state index in [0.29, 0.717) is 16.9 Å². The molecule has 2 aromatic rings. The number of anilines is 2. The van der Waals surface area contributed by atoms with Crippen LogP contribution in [0, 0.1) is 0 Å². The summed E-state index contributed by atoms with van der Waals surface area (Å²) in [7, 11) is 0. The highest BCUT2D eigenvalue weighted by atomic mass is 16.5. The van der Waals surface area contributed by atoms with Gasteiger partial charge in [0.05, 0.1) is 11.3 Å². The number of ether oxygens (including phenoxy) is 1. The predicted octanol–water partition coefficient (Wildman–Crippen LogP) is 2.35. The number of nitrogen functional groups attached to an aromatic ring is 1. The monoisotopic (exact) mass is 317 g/mol. The lowest BCUT2D eigenvalue weighted by atomic mass is 9.92. The summed E-state index contributed by atoms with van der Waals surface area (Å²) in [5.41, 5.74) is 6.92. The summed E-state index contributed by atoms with van der Waals surface area (Å²) in [4.78, 5) is 23.5. The average molecular weight is 317 g/mol. The highest BCUT2D eigenvalue weighted by Gasteiger charge is 2.20. The second-order valence-electron chi connectivity index (χ2n) is 6.07. The van der Waals surface area contributed by atoms with Crippen LogP contribution in [0.15, 0.2) is 34.9 Å². The predicted molar refractivity (Wildman–Crippen MR) is 85.0 cm³/mol. The van der Waals surface area contributed by atoms with Gasteiger partial charge < -0.3 is 15.0 Å². The van der Waals surface area contributed by atoms with Gasteiger partial charge in [-0.15, -0.1) is 0 Å². The fourth-order valence-corrected chi connectivity index (χ4v) is 1.69. The first-order chi connectivity index (χ1) is 10.8. The first kappa shape index (κ1) is 16.5. The van der Waals surface area contributed by atoms with Crippen LogP contribution in [0.4, 0.5) is 11.6 Å². The second kappa shape index (κ2) is 6.51. The number of amides is 1. The molecular formula is C16H19N3O4. The Bertz CT molecular complexity index is 699. The Balaban J connectivity index is 1.86. The number of hydrogen-bond acceptors (Lipinski definition) is 6. The lowest BCUT2D eigenvalue weighted by Gasteiger charge is -2.12. The van der Waals surface area contributed by atoms with Crippen molar-refractivity contribution in [2.24, 2.45) is 0 Å². The highest BCUT2D eigenvalue weighted by molar-refractivity contribution is 5.94. The number of carbonyl (C=O) groups excluding carboxylic acids is 2. The lowest BCUT2D eigenvalue weighted by molar-refractivity contribution is -0.119. The fourth-order valence-electron chi connectivity index (χ4n) is 1.69. The molecule has 0 bridgehead atoms. The molecule has 7 heteroatoms. The van der Waals surface area contributed by atoms with Gasteiger partial charge >= 0.3 is 5.97 Å². The lowest BCUT2D eigenvalue weighted by Crippen LogP contribution is -2.20. The highest BCUT2D eigenvalue weighted by Crippen LogP contribution is 2.23. The van der Waals surface area contributed by atoms with Crippen LogP contribution in [0.3, 0.4) is 0 Å². The van der Waals surface area contributed by atoms with E-state index in [1.165, 1.54) is 12.1 Å². The number of nitrogens with one attached hydrogen (secondary N) is 1. The van der Waals surface area contributed by atoms with Crippen molar-refractivity contribution in [2.75, 3.05) is 17.7 Å². The van der Waals surface area contributed by atoms with Crippen LogP contribution < -0.4 is 11.1 Å². The van der Waals surface area contributed by atoms with Crippen LogP contribution in [0.25, 0.3) is 0 Å². The minimum absolute atomic E-state index is 0.186. The molecule has 0 fully saturated rings. The first-order valence-electron chi connectivity index (χ1n) is 7.05. The first-order valence-corrected chi connectivity index (χ1v) is 7.05. The van der Waals surface area contributed by atoms with Crippen molar-refractivity contribution >= 4 is 23.4 Å². The van der Waals surface area contributed by atoms with Gasteiger partial charge in [-0.1, -0.05) is 25.9 Å². The molecule has 0 atom stereocenters. The summed E-state index contributed by atoms with van der Waals surface area (Å²) < 4.78 is 9.95. The van der Waals surface area contributed by atoms with Crippen LogP contribution >= 0.6 is 0 Å². The third-order valence-corrected chi connectivity index (χ3v) is 3.02. The van der Waals surface area contributed by atoms with Crippen molar-refractivity contribution in [1.29, 1.82) is 0 Å². The molecule has 0 aliphatic carbocycles. The zero-order valence-corrected chi connectivity index (χ0v) is 13.3. The normalized spacial score (nSPS) is 11.1. The number of benzene rings is 1. The SMILES string of the molecule is CC(C)(C)c1cc(NC(=O)COC(=O)c2ccc(N)cc2)on1. The van der Waals surface area contributed by atoms with E-state index in [-0.39, 0.29) is 11.3 Å². The number of nitrogens with zero attached hydrogens (tertiary/aromatic N) is 1. The van der Waals surface area contributed by atoms with Crippen molar-refractivity contribution in [3.8, 4) is 0 Å². The number of hydrogen-bond donors (Lipinski definition) is 2. The van der Waals surface area contributed by atoms with E-state index in [0.717, 1.165) is 0 Å². The summed E-state index contributed by atoms with van der Waals surface area (Å²) in [5.74, 6) is -0.901. The molecule has 1 aromatic heterocycles. The standard InChI is InChI=1S/C16H19N3O4/c1-16(2,3)12-8-14(23-19-12)18-13(20)9-22-15(21)10-4-6-11(17)7-5-10/h4-8H,9,17H2,1-3H3,(H,18,20). The zero-order valence-electron chi connectivity index (χ0n) is 13.3. The Morgan fingerprint density at radius 3 is 2.48 bits per heavy atom. The third kappa shape index (κ3) is 4.57. The largest absolute Gasteiger partial charge is 0.452 e. The molecule has 0 radical (unpaired) electrons. The van der Waals surface area contributed by atoms with Gasteiger partial charge in [0.15, 0.2) is 6.61 Å². The Morgan fingerprint density at radius 2 is 1.91 bits per heavy atom. The third-order valence-electron chi connectivity index (χ3n) is 3.02. The van der Waals surface area contributed by atoms with Gasteiger partial charge in [0.25, 0.3) is 5.91 Å². The summed E-state index contributed by atoms with van der Waals surface area (Å²) in [6.07, 6.45) is 0. The molecule has 3 N–H and O–H groups in total. The van der Waals surface area contributed by atoms with Crippen LogP contribution in [0.1, 0.15) is 36.8 Å². The maximum atomic E-state index is 11.8. The minimum Gasteiger partial charge on any atom is -0.452 e. The molecule has 1 aromatic carbocycles. The zero-order chi connectivity index (χ0) is 17.0.